The molecule has 7 heteroatoms. The van der Waals surface area contributed by atoms with Crippen molar-refractivity contribution in [3.8, 4) is 0 Å². The molecule has 1 spiro atoms. The average molecular weight is 599 g/mol. The van der Waals surface area contributed by atoms with Crippen molar-refractivity contribution in [2.24, 2.45) is 23.2 Å². The molecule has 3 aliphatic carbocycles. The van der Waals surface area contributed by atoms with Gasteiger partial charge in [-0.2, -0.15) is 0 Å². The Bertz CT molecular complexity index is 1060. The normalized spacial score (nSPS) is 32.8. The molecular formula is C36H58N2O5. The number of likely N-dealkylation sites (N-methyl/N-ethyl adjacent to an activating group) is 1. The van der Waals surface area contributed by atoms with E-state index >= 15 is 0 Å². The predicted molar refractivity (Wildman–Crippen MR) is 174 cm³/mol. The smallest absolute Gasteiger partial charge is 0.145 e. The molecule has 0 aromatic carbocycles. The zero-order valence-electron chi connectivity index (χ0n) is 26.9. The summed E-state index contributed by atoms with van der Waals surface area (Å²) < 4.78 is 0. The van der Waals surface area contributed by atoms with Gasteiger partial charge in [-0.3, -0.25) is 4.79 Å². The summed E-state index contributed by atoms with van der Waals surface area (Å²) in [6.45, 7) is 10.6. The van der Waals surface area contributed by atoms with Gasteiger partial charge in [0.1, 0.15) is 6.29 Å². The van der Waals surface area contributed by atoms with Gasteiger partial charge in [-0.25, -0.2) is 0 Å². The van der Waals surface area contributed by atoms with Gasteiger partial charge >= 0.3 is 0 Å². The van der Waals surface area contributed by atoms with E-state index in [1.165, 1.54) is 18.4 Å². The maximum absolute atomic E-state index is 12.3. The molecule has 6 unspecified atom stereocenters. The first-order chi connectivity index (χ1) is 20.7. The van der Waals surface area contributed by atoms with Gasteiger partial charge in [0.05, 0.1) is 18.3 Å². The van der Waals surface area contributed by atoms with Crippen molar-refractivity contribution in [3.05, 3.63) is 58.7 Å². The molecule has 242 valence electrons. The van der Waals surface area contributed by atoms with E-state index < -0.39 is 17.1 Å². The van der Waals surface area contributed by atoms with Crippen LogP contribution in [-0.4, -0.2) is 78.3 Å². The molecule has 0 radical (unpaired) electrons. The lowest BCUT2D eigenvalue weighted by Gasteiger charge is -2.57. The van der Waals surface area contributed by atoms with E-state index in [-0.39, 0.29) is 25.0 Å². The molecule has 2 saturated carbocycles. The molecule has 0 amide bonds. The Balaban J connectivity index is 1.86. The lowest BCUT2D eigenvalue weighted by atomic mass is 9.51. The van der Waals surface area contributed by atoms with Gasteiger partial charge < -0.3 is 31.1 Å². The van der Waals surface area contributed by atoms with Gasteiger partial charge in [-0.1, -0.05) is 54.5 Å². The van der Waals surface area contributed by atoms with E-state index in [2.05, 4.69) is 30.2 Å². The molecular weight excluding hydrogens is 540 g/mol. The number of hydrogen-bond acceptors (Lipinski definition) is 7. The van der Waals surface area contributed by atoms with Crippen molar-refractivity contribution < 1.29 is 25.2 Å². The summed E-state index contributed by atoms with van der Waals surface area (Å²) in [7, 11) is 1.86. The van der Waals surface area contributed by atoms with Crippen molar-refractivity contribution in [2.45, 2.75) is 96.2 Å². The van der Waals surface area contributed by atoms with Crippen LogP contribution in [0, 0.1) is 23.2 Å². The first kappa shape index (κ1) is 35.6. The topological polar surface area (TPSA) is 122 Å². The average Bonchev–Trinajstić information content (AvgIpc) is 3.35. The molecule has 43 heavy (non-hydrogen) atoms. The molecule has 3 aliphatic rings. The second-order valence-electron chi connectivity index (χ2n) is 13.1. The van der Waals surface area contributed by atoms with Crippen molar-refractivity contribution in [1.29, 1.82) is 0 Å². The molecule has 3 rings (SSSR count). The zero-order chi connectivity index (χ0) is 31.5. The minimum atomic E-state index is -1.14. The molecule has 2 fully saturated rings. The number of aliphatic hydroxyl groups excluding tert-OH is 3. The Kier molecular flexibility index (Phi) is 14.1. The van der Waals surface area contributed by atoms with E-state index in [0.29, 0.717) is 63.0 Å². The standard InChI is InChI=1S/C36H58N2O5/c1-5-38-23-29-11-7-10-28(22-29)21-26(2)9-6-12-30(25-41)32-15-17-36(34(32)42)33(13-8-20-39)31(27(3)24-40)14-16-35(36,43)18-19-37-4/h6,9,12,22,24,28,32-34,37-39,41-43H,2,5,7-8,10-11,13-21,23,25H2,1,3-4H3. The Morgan fingerprint density at radius 2 is 2.00 bits per heavy atom. The number of aliphatic hydroxyl groups is 4. The van der Waals surface area contributed by atoms with Gasteiger partial charge in [0, 0.05) is 24.5 Å². The number of allylic oxidation sites excluding steroid dienone is 7. The highest BCUT2D eigenvalue weighted by molar-refractivity contribution is 5.74. The number of carbonyl (C=O) groups excluding carboxylic acids is 1. The molecule has 6 N–H and O–H groups in total. The van der Waals surface area contributed by atoms with Gasteiger partial charge in [-0.05, 0) is 121 Å². The summed E-state index contributed by atoms with van der Waals surface area (Å²) in [5.41, 5.74) is 2.92. The first-order valence-electron chi connectivity index (χ1n) is 16.6. The van der Waals surface area contributed by atoms with Crippen LogP contribution in [0.4, 0.5) is 0 Å². The lowest BCUT2D eigenvalue weighted by molar-refractivity contribution is -0.180. The van der Waals surface area contributed by atoms with Gasteiger partial charge in [0.25, 0.3) is 0 Å². The highest BCUT2D eigenvalue weighted by Gasteiger charge is 2.65. The summed E-state index contributed by atoms with van der Waals surface area (Å²) in [5, 5.41) is 51.3. The van der Waals surface area contributed by atoms with Crippen LogP contribution in [0.25, 0.3) is 0 Å². The van der Waals surface area contributed by atoms with Gasteiger partial charge in [-0.15, -0.1) is 0 Å². The molecule has 0 bridgehead atoms. The van der Waals surface area contributed by atoms with E-state index in [1.54, 1.807) is 0 Å². The van der Waals surface area contributed by atoms with Gasteiger partial charge in [0.2, 0.25) is 0 Å². The van der Waals surface area contributed by atoms with Crippen LogP contribution in [0.1, 0.15) is 84.5 Å². The van der Waals surface area contributed by atoms with Crippen LogP contribution < -0.4 is 10.6 Å². The summed E-state index contributed by atoms with van der Waals surface area (Å²) >= 11 is 0. The monoisotopic (exact) mass is 598 g/mol. The maximum Gasteiger partial charge on any atom is 0.145 e. The number of nitrogens with one attached hydrogen (secondary N) is 2. The summed E-state index contributed by atoms with van der Waals surface area (Å²) in [5.74, 6) is -0.0463. The van der Waals surface area contributed by atoms with Crippen LogP contribution in [0.5, 0.6) is 0 Å². The maximum atomic E-state index is 12.3. The predicted octanol–water partition coefficient (Wildman–Crippen LogP) is 4.54. The van der Waals surface area contributed by atoms with Crippen LogP contribution in [0.2, 0.25) is 0 Å². The summed E-state index contributed by atoms with van der Waals surface area (Å²) in [6.07, 6.45) is 16.6. The fourth-order valence-corrected chi connectivity index (χ4v) is 8.37. The molecule has 0 aromatic heterocycles. The number of aldehydes is 1. The highest BCUT2D eigenvalue weighted by Crippen LogP contribution is 2.63. The largest absolute Gasteiger partial charge is 0.396 e. The van der Waals surface area contributed by atoms with E-state index in [1.807, 2.05) is 32.2 Å². The minimum absolute atomic E-state index is 0.0124. The Morgan fingerprint density at radius 1 is 1.21 bits per heavy atom. The first-order valence-corrected chi connectivity index (χ1v) is 16.6. The van der Waals surface area contributed by atoms with Crippen LogP contribution in [-0.2, 0) is 4.79 Å². The van der Waals surface area contributed by atoms with Gasteiger partial charge in [0.15, 0.2) is 0 Å². The highest BCUT2D eigenvalue weighted by atomic mass is 16.3. The SMILES string of the molecule is C=C(C=CC=C(CO)C1CCC2(C(CCCO)C(=C(C)C=O)CCC2(O)CCNC)C1O)CC1C=C(CNCC)CCC1. The Labute approximate surface area is 259 Å². The third-order valence-electron chi connectivity index (χ3n) is 10.6. The van der Waals surface area contributed by atoms with Crippen LogP contribution in [0.15, 0.2) is 58.7 Å². The van der Waals surface area contributed by atoms with Crippen LogP contribution >= 0.6 is 0 Å². The number of rotatable bonds is 16. The fourth-order valence-electron chi connectivity index (χ4n) is 8.37. The van der Waals surface area contributed by atoms with Crippen molar-refractivity contribution in [2.75, 3.05) is 39.9 Å². The van der Waals surface area contributed by atoms with Crippen molar-refractivity contribution in [1.82, 2.24) is 10.6 Å². The molecule has 0 saturated heterocycles. The zero-order valence-corrected chi connectivity index (χ0v) is 26.9. The van der Waals surface area contributed by atoms with E-state index in [0.717, 1.165) is 48.9 Å². The number of hydrogen-bond donors (Lipinski definition) is 6. The summed E-state index contributed by atoms with van der Waals surface area (Å²) in [4.78, 5) is 11.9. The van der Waals surface area contributed by atoms with E-state index in [4.69, 9.17) is 0 Å². The molecule has 6 atom stereocenters. The van der Waals surface area contributed by atoms with E-state index in [9.17, 15) is 25.2 Å². The number of carbonyl (C=O) groups is 1. The molecule has 0 aromatic rings. The quantitative estimate of drug-likeness (QED) is 0.0668. The van der Waals surface area contributed by atoms with Crippen molar-refractivity contribution >= 4 is 6.29 Å². The molecule has 7 nitrogen and oxygen atoms in total. The second-order valence-corrected chi connectivity index (χ2v) is 13.1. The third-order valence-corrected chi connectivity index (χ3v) is 10.6. The minimum Gasteiger partial charge on any atom is -0.396 e. The Morgan fingerprint density at radius 3 is 2.67 bits per heavy atom. The van der Waals surface area contributed by atoms with Crippen LogP contribution in [0.3, 0.4) is 0 Å². The lowest BCUT2D eigenvalue weighted by Crippen LogP contribution is -2.61. The second kappa shape index (κ2) is 17.0. The van der Waals surface area contributed by atoms with Crippen molar-refractivity contribution in [3.63, 3.8) is 0 Å². The third kappa shape index (κ3) is 8.24. The molecule has 0 heterocycles. The fraction of sp³-hybridized carbons (Fsp3) is 0.694. The Hall–Kier alpha value is -1.87. The summed E-state index contributed by atoms with van der Waals surface area (Å²) in [6, 6.07) is 0. The molecule has 0 aliphatic heterocycles.